The zero-order valence-electron chi connectivity index (χ0n) is 38.3. The second-order valence-corrected chi connectivity index (χ2v) is 17.3. The maximum absolute atomic E-state index is 14.4. The lowest BCUT2D eigenvalue weighted by molar-refractivity contribution is -0.160. The van der Waals surface area contributed by atoms with Gasteiger partial charge in [-0.2, -0.15) is 0 Å². The topological polar surface area (TPSA) is 280 Å². The summed E-state index contributed by atoms with van der Waals surface area (Å²) >= 11 is 0. The Morgan fingerprint density at radius 3 is 2.27 bits per heavy atom. The van der Waals surface area contributed by atoms with E-state index < -0.39 is 88.7 Å². The summed E-state index contributed by atoms with van der Waals surface area (Å²) in [7, 11) is 1.42. The van der Waals surface area contributed by atoms with Crippen LogP contribution in [-0.4, -0.2) is 111 Å². The fourth-order valence-corrected chi connectivity index (χ4v) is 8.97. The Kier molecular flexibility index (Phi) is 14.8. The van der Waals surface area contributed by atoms with Crippen molar-refractivity contribution >= 4 is 56.2 Å². The number of benzene rings is 3. The summed E-state index contributed by atoms with van der Waals surface area (Å²) in [4.78, 5) is 60.3. The number of hydrogen-bond donors (Lipinski definition) is 7. The van der Waals surface area contributed by atoms with E-state index >= 15 is 0 Å². The third-order valence-electron chi connectivity index (χ3n) is 12.8. The van der Waals surface area contributed by atoms with Crippen LogP contribution in [0.1, 0.15) is 65.6 Å². The average Bonchev–Trinajstić information content (AvgIpc) is 3.58. The number of fused-ring (bicyclic) bond motifs is 2. The Bertz CT molecular complexity index is 2670. The summed E-state index contributed by atoms with van der Waals surface area (Å²) in [5, 5.41) is 71.6. The normalized spacial score (nSPS) is 27.4. The molecule has 0 spiro atoms. The van der Waals surface area contributed by atoms with E-state index in [2.05, 4.69) is 10.5 Å². The van der Waals surface area contributed by atoms with Crippen molar-refractivity contribution in [3.05, 3.63) is 74.5 Å². The molecule has 10 atom stereocenters. The number of allylic oxidation sites excluding steroid dienone is 2. The van der Waals surface area contributed by atoms with Gasteiger partial charge in [0, 0.05) is 97.6 Å². The van der Waals surface area contributed by atoms with Crippen LogP contribution < -0.4 is 20.4 Å². The minimum Gasteiger partial charge on any atom is -0.505 e. The summed E-state index contributed by atoms with van der Waals surface area (Å²) < 4.78 is 30.5. The molecule has 7 N–H and O–H groups in total. The number of nitrogens with one attached hydrogen (secondary N) is 1. The Morgan fingerprint density at radius 1 is 0.970 bits per heavy atom. The fourth-order valence-electron chi connectivity index (χ4n) is 8.97. The van der Waals surface area contributed by atoms with Crippen LogP contribution in [0.4, 0.5) is 11.4 Å². The summed E-state index contributed by atoms with van der Waals surface area (Å²) in [5.74, 6) is -7.23. The highest BCUT2D eigenvalue weighted by molar-refractivity contribution is 6.20. The molecule has 1 aromatic heterocycles. The van der Waals surface area contributed by atoms with E-state index in [1.54, 1.807) is 44.7 Å². The first-order valence-corrected chi connectivity index (χ1v) is 21.6. The minimum absolute atomic E-state index is 0.0168. The first-order valence-electron chi connectivity index (χ1n) is 21.6. The third-order valence-corrected chi connectivity index (χ3v) is 12.8. The number of aliphatic hydroxyl groups is 4. The molecule has 66 heavy (non-hydrogen) atoms. The van der Waals surface area contributed by atoms with E-state index in [1.807, 2.05) is 0 Å². The number of aromatic hydroxyl groups is 2. The van der Waals surface area contributed by atoms with Gasteiger partial charge < -0.3 is 64.2 Å². The Labute approximate surface area is 379 Å². The van der Waals surface area contributed by atoms with E-state index in [9.17, 15) is 49.9 Å². The first-order chi connectivity index (χ1) is 31.2. The van der Waals surface area contributed by atoms with Gasteiger partial charge in [-0.25, -0.2) is 4.98 Å². The fraction of sp³-hybridized carbons (Fsp3) is 0.489. The van der Waals surface area contributed by atoms with Crippen molar-refractivity contribution in [2.45, 2.75) is 91.6 Å². The summed E-state index contributed by atoms with van der Waals surface area (Å²) in [5.41, 5.74) is -1.45. The SMILES string of the molecule is CO[C@H]1C=CO[C@@]2(C)Oc3c(C)c(=O)c4c(O)c(c5oc6cc(N(CCO)CCO)cc(O)c6nc5c4c3C2N=O)NC(=O)C(C)=CC=C[C@H](C)[C@H](O)[C@@H](C)[C@@H](O)[C@@H](C)[C@H](OC(C)=O)[C@@H]1C. The van der Waals surface area contributed by atoms with Crippen LogP contribution in [-0.2, 0) is 23.8 Å². The minimum atomic E-state index is -1.96. The van der Waals surface area contributed by atoms with Crippen LogP contribution in [0.2, 0.25) is 0 Å². The molecular formula is C47H58N4O15. The Balaban J connectivity index is 1.64. The highest BCUT2D eigenvalue weighted by Gasteiger charge is 2.52. The van der Waals surface area contributed by atoms with Gasteiger partial charge in [0.05, 0.1) is 43.2 Å². The number of carbonyl (C=O) groups excluding carboxylic acids is 2. The summed E-state index contributed by atoms with van der Waals surface area (Å²) in [6.45, 7) is 12.0. The number of phenolic OH excluding ortho intramolecular Hbond substituents is 2. The number of aliphatic hydroxyl groups excluding tert-OH is 4. The van der Waals surface area contributed by atoms with Crippen molar-refractivity contribution < 1.29 is 63.6 Å². The highest BCUT2D eigenvalue weighted by atomic mass is 16.7. The van der Waals surface area contributed by atoms with Gasteiger partial charge in [0.15, 0.2) is 28.4 Å². The quantitative estimate of drug-likeness (QED) is 0.0397. The van der Waals surface area contributed by atoms with E-state index in [1.165, 1.54) is 65.4 Å². The van der Waals surface area contributed by atoms with E-state index in [-0.39, 0.29) is 87.4 Å². The molecule has 0 radical (unpaired) electrons. The van der Waals surface area contributed by atoms with Gasteiger partial charge in [-0.1, -0.05) is 51.1 Å². The van der Waals surface area contributed by atoms with Crippen molar-refractivity contribution in [2.75, 3.05) is 43.6 Å². The van der Waals surface area contributed by atoms with Crippen molar-refractivity contribution in [1.29, 1.82) is 0 Å². The molecule has 4 bridgehead atoms. The van der Waals surface area contributed by atoms with Gasteiger partial charge in [-0.05, 0) is 19.9 Å². The van der Waals surface area contributed by atoms with Crippen molar-refractivity contribution in [3.8, 4) is 17.2 Å². The van der Waals surface area contributed by atoms with Gasteiger partial charge in [0.25, 0.3) is 11.7 Å². The second kappa shape index (κ2) is 19.8. The number of ether oxygens (including phenoxy) is 4. The molecule has 0 fully saturated rings. The van der Waals surface area contributed by atoms with Gasteiger partial charge in [0.2, 0.25) is 0 Å². The molecule has 3 aromatic carbocycles. The molecular weight excluding hydrogens is 861 g/mol. The van der Waals surface area contributed by atoms with E-state index in [0.717, 1.165) is 0 Å². The number of phenols is 2. The Morgan fingerprint density at radius 2 is 1.65 bits per heavy atom. The van der Waals surface area contributed by atoms with E-state index in [4.69, 9.17) is 28.3 Å². The predicted octanol–water partition coefficient (Wildman–Crippen LogP) is 5.12. The number of carbonyl (C=O) groups is 2. The number of methoxy groups -OCH3 is 1. The van der Waals surface area contributed by atoms with Crippen molar-refractivity contribution in [1.82, 2.24) is 4.98 Å². The highest BCUT2D eigenvalue weighted by Crippen LogP contribution is 2.54. The maximum atomic E-state index is 14.4. The number of aromatic nitrogens is 1. The number of nitrogens with zero attached hydrogens (tertiary/aromatic N) is 3. The molecule has 6 rings (SSSR count). The van der Waals surface area contributed by atoms with Crippen LogP contribution in [0.15, 0.2) is 62.7 Å². The average molecular weight is 919 g/mol. The van der Waals surface area contributed by atoms with Crippen LogP contribution in [0.3, 0.4) is 0 Å². The number of esters is 1. The number of nitroso groups, excluding NO2 is 1. The summed E-state index contributed by atoms with van der Waals surface area (Å²) in [6.07, 6.45) is 3.29. The largest absolute Gasteiger partial charge is 0.505 e. The zero-order chi connectivity index (χ0) is 48.5. The zero-order valence-corrected chi connectivity index (χ0v) is 38.3. The monoisotopic (exact) mass is 918 g/mol. The van der Waals surface area contributed by atoms with Gasteiger partial charge >= 0.3 is 5.97 Å². The molecule has 0 saturated heterocycles. The van der Waals surface area contributed by atoms with Crippen LogP contribution in [0.5, 0.6) is 17.2 Å². The predicted molar refractivity (Wildman–Crippen MR) is 244 cm³/mol. The molecule has 3 heterocycles. The summed E-state index contributed by atoms with van der Waals surface area (Å²) in [6, 6.07) is 1.25. The molecule has 0 aliphatic carbocycles. The molecule has 4 aromatic rings. The molecule has 356 valence electrons. The Hall–Kier alpha value is -6.12. The van der Waals surface area contributed by atoms with Crippen molar-refractivity contribution in [2.24, 2.45) is 28.8 Å². The van der Waals surface area contributed by atoms with Gasteiger partial charge in [-0.15, -0.1) is 4.91 Å². The van der Waals surface area contributed by atoms with Crippen LogP contribution in [0.25, 0.3) is 33.0 Å². The van der Waals surface area contributed by atoms with Gasteiger partial charge in [-0.3, -0.25) is 14.4 Å². The third kappa shape index (κ3) is 9.05. The smallest absolute Gasteiger partial charge is 0.302 e. The van der Waals surface area contributed by atoms with Gasteiger partial charge in [0.1, 0.15) is 34.3 Å². The second-order valence-electron chi connectivity index (χ2n) is 17.3. The lowest BCUT2D eigenvalue weighted by Gasteiger charge is -2.38. The molecule has 1 amide bonds. The number of anilines is 2. The molecule has 19 heteroatoms. The molecule has 0 saturated carbocycles. The number of rotatable bonds is 8. The standard InChI is InChI=1S/C47H58N4O15/c1-21-11-10-12-22(2)46(60)49-37-41(59)33-32(36-44(37)65-31-20-28(19-29(55)35(31)48-36)51(14-16-52)15-17-53)34-43(26(6)40(33)58)66-47(8,45(34)50-61)63-18-13-30(62-9)23(3)42(64-27(7)54)25(5)39(57)24(4)38(21)56/h10-13,18-21,23-25,30,38-39,42,45,52-53,55-57,59H,14-17H2,1-9H3,(H,49,60)/t21-,23+,24+,25+,30-,38-,39+,42+,45?,47-/m0/s1. The number of amides is 1. The number of hydrogen-bond acceptors (Lipinski definition) is 18. The molecule has 2 aliphatic rings. The first kappa shape index (κ1) is 49.3. The van der Waals surface area contributed by atoms with Crippen molar-refractivity contribution in [3.63, 3.8) is 0 Å². The lowest BCUT2D eigenvalue weighted by Crippen LogP contribution is -2.46. The molecule has 2 aliphatic heterocycles. The van der Waals surface area contributed by atoms with Crippen LogP contribution in [0, 0.1) is 35.5 Å². The van der Waals surface area contributed by atoms with E-state index in [0.29, 0.717) is 5.69 Å². The van der Waals surface area contributed by atoms with Crippen LogP contribution >= 0.6 is 0 Å². The maximum Gasteiger partial charge on any atom is 0.302 e. The molecule has 19 nitrogen and oxygen atoms in total. The lowest BCUT2D eigenvalue weighted by atomic mass is 9.78. The molecule has 1 unspecified atom stereocenters.